The maximum absolute atomic E-state index is 12.9. The van der Waals surface area contributed by atoms with E-state index in [4.69, 9.17) is 16.7 Å². The van der Waals surface area contributed by atoms with Crippen LogP contribution in [0.2, 0.25) is 5.02 Å². The normalized spacial score (nSPS) is 13.9. The Hall–Kier alpha value is -3.08. The van der Waals surface area contributed by atoms with Crippen molar-refractivity contribution in [3.8, 4) is 22.8 Å². The van der Waals surface area contributed by atoms with Crippen LogP contribution in [-0.4, -0.2) is 46.2 Å². The minimum atomic E-state index is -3.84. The molecule has 2 aromatic carbocycles. The number of carbonyl (C=O) groups excluding carboxylic acids is 1. The Labute approximate surface area is 176 Å². The minimum absolute atomic E-state index is 0.0678. The monoisotopic (exact) mass is 448 g/mol. The van der Waals surface area contributed by atoms with Gasteiger partial charge < -0.3 is 15.1 Å². The van der Waals surface area contributed by atoms with Gasteiger partial charge in [-0.1, -0.05) is 11.6 Å². The first-order valence-corrected chi connectivity index (χ1v) is 10.8. The third kappa shape index (κ3) is 3.60. The van der Waals surface area contributed by atoms with Crippen molar-refractivity contribution in [1.29, 1.82) is 0 Å². The number of fused-ring (bicyclic) bond motifs is 1. The number of aromatic hydroxyl groups is 2. The molecule has 1 aliphatic heterocycles. The summed E-state index contributed by atoms with van der Waals surface area (Å²) in [4.78, 5) is 14.4. The van der Waals surface area contributed by atoms with Gasteiger partial charge in [-0.05, 0) is 30.3 Å². The van der Waals surface area contributed by atoms with Gasteiger partial charge in [-0.3, -0.25) is 9.89 Å². The summed E-state index contributed by atoms with van der Waals surface area (Å²) in [6, 6.07) is 7.96. The minimum Gasteiger partial charge on any atom is -0.507 e. The van der Waals surface area contributed by atoms with E-state index in [0.29, 0.717) is 29.8 Å². The third-order valence-electron chi connectivity index (χ3n) is 4.97. The van der Waals surface area contributed by atoms with Crippen molar-refractivity contribution in [2.24, 2.45) is 5.14 Å². The molecule has 0 saturated heterocycles. The Morgan fingerprint density at radius 1 is 1.17 bits per heavy atom. The molecule has 1 aliphatic rings. The molecule has 1 amide bonds. The SMILES string of the molecule is NS(=O)(=O)c1ccc(C(=O)N2CCc3[nH]nc(-c4cc(Cl)c(O)cc4O)c3C2)cc1. The molecular weight excluding hydrogens is 432 g/mol. The fourth-order valence-corrected chi connectivity index (χ4v) is 4.08. The molecule has 30 heavy (non-hydrogen) atoms. The van der Waals surface area contributed by atoms with Crippen LogP contribution in [0.25, 0.3) is 11.3 Å². The van der Waals surface area contributed by atoms with E-state index in [2.05, 4.69) is 10.2 Å². The Balaban J connectivity index is 1.63. The Kier molecular flexibility index (Phi) is 4.92. The standard InChI is InChI=1S/C19H17ClN4O5S/c20-14-7-12(16(25)8-17(14)26)18-13-9-24(6-5-15(13)22-23-18)19(27)10-1-3-11(4-2-10)30(21,28)29/h1-4,7-8,25-26H,5-6,9H2,(H,22,23)(H2,21,28,29). The number of sulfonamides is 1. The lowest BCUT2D eigenvalue weighted by atomic mass is 9.99. The highest BCUT2D eigenvalue weighted by atomic mass is 35.5. The number of hydrogen-bond acceptors (Lipinski definition) is 6. The smallest absolute Gasteiger partial charge is 0.254 e. The van der Waals surface area contributed by atoms with Crippen molar-refractivity contribution in [1.82, 2.24) is 15.1 Å². The van der Waals surface area contributed by atoms with E-state index in [0.717, 1.165) is 17.3 Å². The van der Waals surface area contributed by atoms with Gasteiger partial charge in [0, 0.05) is 48.0 Å². The van der Waals surface area contributed by atoms with Gasteiger partial charge in [-0.2, -0.15) is 5.10 Å². The quantitative estimate of drug-likeness (QED) is 0.481. The Morgan fingerprint density at radius 3 is 2.53 bits per heavy atom. The third-order valence-corrected chi connectivity index (χ3v) is 6.20. The first kappa shape index (κ1) is 20.2. The number of nitrogens with zero attached hydrogens (tertiary/aromatic N) is 2. The summed E-state index contributed by atoms with van der Waals surface area (Å²) in [6.45, 7) is 0.668. The van der Waals surface area contributed by atoms with E-state index < -0.39 is 10.0 Å². The second-order valence-electron chi connectivity index (χ2n) is 6.90. The van der Waals surface area contributed by atoms with Crippen LogP contribution in [0.15, 0.2) is 41.3 Å². The van der Waals surface area contributed by atoms with E-state index in [-0.39, 0.29) is 33.9 Å². The number of phenolic OH excluding ortho intramolecular Hbond substituents is 2. The molecule has 11 heteroatoms. The molecule has 3 aromatic rings. The summed E-state index contributed by atoms with van der Waals surface area (Å²) in [7, 11) is -3.84. The topological polar surface area (TPSA) is 150 Å². The maximum atomic E-state index is 12.9. The van der Waals surface area contributed by atoms with Gasteiger partial charge in [0.05, 0.1) is 9.92 Å². The molecule has 0 atom stereocenters. The summed E-state index contributed by atoms with van der Waals surface area (Å²) in [6.07, 6.45) is 0.524. The van der Waals surface area contributed by atoms with Gasteiger partial charge in [0.2, 0.25) is 10.0 Å². The summed E-state index contributed by atoms with van der Waals surface area (Å²) in [5.74, 6) is -0.711. The molecule has 0 aliphatic carbocycles. The highest BCUT2D eigenvalue weighted by molar-refractivity contribution is 7.89. The lowest BCUT2D eigenvalue weighted by Crippen LogP contribution is -2.36. The predicted octanol–water partition coefficient (Wildman–Crippen LogP) is 1.99. The lowest BCUT2D eigenvalue weighted by Gasteiger charge is -2.27. The molecule has 0 saturated carbocycles. The number of aromatic nitrogens is 2. The summed E-state index contributed by atoms with van der Waals surface area (Å²) >= 11 is 5.97. The molecule has 4 rings (SSSR count). The van der Waals surface area contributed by atoms with Crippen molar-refractivity contribution in [3.63, 3.8) is 0 Å². The zero-order valence-electron chi connectivity index (χ0n) is 15.5. The van der Waals surface area contributed by atoms with Crippen molar-refractivity contribution in [3.05, 3.63) is 58.2 Å². The summed E-state index contributed by atoms with van der Waals surface area (Å²) < 4.78 is 22.8. The zero-order chi connectivity index (χ0) is 21.6. The average molecular weight is 449 g/mol. The number of phenols is 2. The van der Waals surface area contributed by atoms with Gasteiger partial charge in [-0.25, -0.2) is 13.6 Å². The fraction of sp³-hybridized carbons (Fsp3) is 0.158. The number of H-pyrrole nitrogens is 1. The van der Waals surface area contributed by atoms with E-state index in [1.54, 1.807) is 4.90 Å². The van der Waals surface area contributed by atoms with Gasteiger partial charge in [0.1, 0.15) is 17.2 Å². The van der Waals surface area contributed by atoms with Crippen LogP contribution in [-0.2, 0) is 23.0 Å². The first-order chi connectivity index (χ1) is 14.1. The number of hydrogen-bond donors (Lipinski definition) is 4. The molecule has 2 heterocycles. The molecule has 0 radical (unpaired) electrons. The van der Waals surface area contributed by atoms with Crippen molar-refractivity contribution in [2.45, 2.75) is 17.9 Å². The van der Waals surface area contributed by atoms with Crippen LogP contribution in [0.5, 0.6) is 11.5 Å². The van der Waals surface area contributed by atoms with Crippen LogP contribution < -0.4 is 5.14 Å². The highest BCUT2D eigenvalue weighted by Gasteiger charge is 2.28. The molecule has 5 N–H and O–H groups in total. The van der Waals surface area contributed by atoms with Crippen molar-refractivity contribution >= 4 is 27.5 Å². The van der Waals surface area contributed by atoms with E-state index in [9.17, 15) is 23.4 Å². The van der Waals surface area contributed by atoms with Crippen LogP contribution >= 0.6 is 11.6 Å². The van der Waals surface area contributed by atoms with E-state index in [1.165, 1.54) is 30.3 Å². The average Bonchev–Trinajstić information content (AvgIpc) is 3.12. The van der Waals surface area contributed by atoms with Crippen LogP contribution in [0, 0.1) is 0 Å². The second kappa shape index (κ2) is 7.31. The highest BCUT2D eigenvalue weighted by Crippen LogP contribution is 2.39. The first-order valence-electron chi connectivity index (χ1n) is 8.85. The number of carbonyl (C=O) groups is 1. The Morgan fingerprint density at radius 2 is 1.87 bits per heavy atom. The molecular formula is C19H17ClN4O5S. The van der Waals surface area contributed by atoms with E-state index >= 15 is 0 Å². The van der Waals surface area contributed by atoms with Crippen LogP contribution in [0.4, 0.5) is 0 Å². The number of benzene rings is 2. The van der Waals surface area contributed by atoms with Gasteiger partial charge in [0.25, 0.3) is 5.91 Å². The summed E-state index contributed by atoms with van der Waals surface area (Å²) in [5, 5.41) is 32.2. The molecule has 0 spiro atoms. The second-order valence-corrected chi connectivity index (χ2v) is 8.86. The Bertz CT molecular complexity index is 1250. The number of primary sulfonamides is 1. The van der Waals surface area contributed by atoms with Gasteiger partial charge in [-0.15, -0.1) is 0 Å². The molecule has 1 aromatic heterocycles. The van der Waals surface area contributed by atoms with Crippen molar-refractivity contribution < 1.29 is 23.4 Å². The van der Waals surface area contributed by atoms with Gasteiger partial charge in [0.15, 0.2) is 0 Å². The van der Waals surface area contributed by atoms with E-state index in [1.807, 2.05) is 0 Å². The van der Waals surface area contributed by atoms with Crippen LogP contribution in [0.1, 0.15) is 21.6 Å². The molecule has 156 valence electrons. The predicted molar refractivity (Wildman–Crippen MR) is 109 cm³/mol. The number of nitrogens with two attached hydrogens (primary N) is 1. The maximum Gasteiger partial charge on any atom is 0.254 e. The van der Waals surface area contributed by atoms with Crippen LogP contribution in [0.3, 0.4) is 0 Å². The summed E-state index contributed by atoms with van der Waals surface area (Å²) in [5.41, 5.74) is 2.66. The fourth-order valence-electron chi connectivity index (χ4n) is 3.40. The molecule has 0 bridgehead atoms. The number of halogens is 1. The molecule has 0 fully saturated rings. The largest absolute Gasteiger partial charge is 0.507 e. The lowest BCUT2D eigenvalue weighted by molar-refractivity contribution is 0.0734. The zero-order valence-corrected chi connectivity index (χ0v) is 17.0. The van der Waals surface area contributed by atoms with Crippen molar-refractivity contribution in [2.75, 3.05) is 6.54 Å². The number of nitrogens with one attached hydrogen (secondary N) is 1. The number of aromatic amines is 1. The molecule has 0 unspecified atom stereocenters. The molecule has 9 nitrogen and oxygen atoms in total. The van der Waals surface area contributed by atoms with Gasteiger partial charge >= 0.3 is 0 Å². The number of rotatable bonds is 3. The number of amides is 1.